The molecule has 1 aromatic heterocycles. The van der Waals surface area contributed by atoms with E-state index >= 15 is 0 Å². The van der Waals surface area contributed by atoms with Crippen LogP contribution >= 0.6 is 11.5 Å². The van der Waals surface area contributed by atoms with Gasteiger partial charge in [-0.15, -0.1) is 5.10 Å². The predicted molar refractivity (Wildman–Crippen MR) is 64.0 cm³/mol. The lowest BCUT2D eigenvalue weighted by atomic mass is 10.3. The van der Waals surface area contributed by atoms with Crippen LogP contribution in [0.4, 0.5) is 0 Å². The molecule has 1 heterocycles. The van der Waals surface area contributed by atoms with E-state index in [0.29, 0.717) is 6.04 Å². The van der Waals surface area contributed by atoms with Gasteiger partial charge in [0.25, 0.3) is 0 Å². The minimum atomic E-state index is 0.492. The Hall–Kier alpha value is -0.520. The van der Waals surface area contributed by atoms with Gasteiger partial charge >= 0.3 is 0 Å². The summed E-state index contributed by atoms with van der Waals surface area (Å²) in [4.78, 5) is 2.41. The molecule has 0 bridgehead atoms. The van der Waals surface area contributed by atoms with E-state index in [1.807, 2.05) is 5.38 Å². The number of aromatic nitrogens is 2. The summed E-state index contributed by atoms with van der Waals surface area (Å²) >= 11 is 1.40. The molecule has 0 radical (unpaired) electrons. The molecule has 1 unspecified atom stereocenters. The molecule has 0 aromatic carbocycles. The van der Waals surface area contributed by atoms with E-state index in [1.54, 1.807) is 0 Å². The monoisotopic (exact) mass is 228 g/mol. The number of nitrogens with zero attached hydrogens (tertiary/aromatic N) is 3. The molecule has 1 atom stereocenters. The van der Waals surface area contributed by atoms with Crippen LogP contribution in [0, 0.1) is 0 Å². The summed E-state index contributed by atoms with van der Waals surface area (Å²) in [5, 5.41) is 9.43. The zero-order chi connectivity index (χ0) is 11.1. The van der Waals surface area contributed by atoms with E-state index in [-0.39, 0.29) is 0 Å². The molecule has 0 saturated carbocycles. The quantitative estimate of drug-likeness (QED) is 0.765. The highest BCUT2D eigenvalue weighted by Crippen LogP contribution is 1.98. The van der Waals surface area contributed by atoms with Crippen molar-refractivity contribution in [3.05, 3.63) is 11.1 Å². The maximum absolute atomic E-state index is 4.00. The van der Waals surface area contributed by atoms with E-state index in [4.69, 9.17) is 0 Å². The summed E-state index contributed by atoms with van der Waals surface area (Å²) < 4.78 is 3.83. The first-order chi connectivity index (χ1) is 7.26. The van der Waals surface area contributed by atoms with Gasteiger partial charge < -0.3 is 10.2 Å². The molecular formula is C10H20N4S. The summed E-state index contributed by atoms with van der Waals surface area (Å²) in [6.07, 6.45) is 0. The summed E-state index contributed by atoms with van der Waals surface area (Å²) in [7, 11) is 0. The molecule has 1 aromatic rings. The van der Waals surface area contributed by atoms with Crippen LogP contribution in [0.5, 0.6) is 0 Å². The van der Waals surface area contributed by atoms with Gasteiger partial charge in [0.05, 0.1) is 5.69 Å². The van der Waals surface area contributed by atoms with Crippen LogP contribution in [-0.4, -0.2) is 40.2 Å². The van der Waals surface area contributed by atoms with E-state index in [0.717, 1.165) is 31.9 Å². The van der Waals surface area contributed by atoms with Crippen LogP contribution in [0.25, 0.3) is 0 Å². The van der Waals surface area contributed by atoms with Gasteiger partial charge in [0.2, 0.25) is 0 Å². The minimum absolute atomic E-state index is 0.492. The first kappa shape index (κ1) is 12.5. The maximum atomic E-state index is 4.00. The van der Waals surface area contributed by atoms with Crippen LogP contribution in [0.1, 0.15) is 26.5 Å². The first-order valence-corrected chi connectivity index (χ1v) is 6.31. The van der Waals surface area contributed by atoms with Gasteiger partial charge in [-0.05, 0) is 31.5 Å². The molecule has 0 saturated heterocycles. The Morgan fingerprint density at radius 1 is 1.47 bits per heavy atom. The van der Waals surface area contributed by atoms with Crippen molar-refractivity contribution in [2.75, 3.05) is 19.6 Å². The molecule has 15 heavy (non-hydrogen) atoms. The summed E-state index contributed by atoms with van der Waals surface area (Å²) in [6, 6.07) is 0.492. The van der Waals surface area contributed by atoms with Crippen LogP contribution in [-0.2, 0) is 6.54 Å². The third-order valence-electron chi connectivity index (χ3n) is 2.46. The van der Waals surface area contributed by atoms with E-state index in [1.165, 1.54) is 11.5 Å². The lowest BCUT2D eigenvalue weighted by Gasteiger charge is -2.23. The topological polar surface area (TPSA) is 41.0 Å². The number of likely N-dealkylation sites (N-methyl/N-ethyl adjacent to an activating group) is 1. The molecule has 0 spiro atoms. The average Bonchev–Trinajstić information content (AvgIpc) is 2.75. The van der Waals surface area contributed by atoms with Crippen molar-refractivity contribution >= 4 is 11.5 Å². The third kappa shape index (κ3) is 4.68. The fraction of sp³-hybridized carbons (Fsp3) is 0.800. The van der Waals surface area contributed by atoms with Gasteiger partial charge in [-0.1, -0.05) is 18.3 Å². The van der Waals surface area contributed by atoms with Crippen LogP contribution in [0.2, 0.25) is 0 Å². The molecule has 1 N–H and O–H groups in total. The van der Waals surface area contributed by atoms with Gasteiger partial charge in [0.15, 0.2) is 0 Å². The van der Waals surface area contributed by atoms with Gasteiger partial charge in [0, 0.05) is 24.5 Å². The van der Waals surface area contributed by atoms with Crippen LogP contribution < -0.4 is 5.32 Å². The van der Waals surface area contributed by atoms with Crippen LogP contribution in [0.15, 0.2) is 5.38 Å². The lowest BCUT2D eigenvalue weighted by molar-refractivity contribution is 0.270. The molecule has 0 aliphatic rings. The molecule has 4 nitrogen and oxygen atoms in total. The highest BCUT2D eigenvalue weighted by atomic mass is 32.1. The van der Waals surface area contributed by atoms with Gasteiger partial charge in [-0.2, -0.15) is 0 Å². The highest BCUT2D eigenvalue weighted by molar-refractivity contribution is 7.03. The van der Waals surface area contributed by atoms with Crippen molar-refractivity contribution in [2.24, 2.45) is 0 Å². The summed E-state index contributed by atoms with van der Waals surface area (Å²) in [5.41, 5.74) is 1.03. The Kier molecular flexibility index (Phi) is 5.75. The number of hydrogen-bond acceptors (Lipinski definition) is 5. The van der Waals surface area contributed by atoms with E-state index in [9.17, 15) is 0 Å². The average molecular weight is 228 g/mol. The molecule has 5 heteroatoms. The maximum Gasteiger partial charge on any atom is 0.0893 e. The zero-order valence-corrected chi connectivity index (χ0v) is 10.5. The fourth-order valence-electron chi connectivity index (χ4n) is 1.47. The largest absolute Gasteiger partial charge is 0.307 e. The smallest absolute Gasteiger partial charge is 0.0893 e. The van der Waals surface area contributed by atoms with Crippen molar-refractivity contribution in [3.8, 4) is 0 Å². The van der Waals surface area contributed by atoms with Crippen LogP contribution in [0.3, 0.4) is 0 Å². The number of hydrogen-bond donors (Lipinski definition) is 1. The second-order valence-corrected chi connectivity index (χ2v) is 4.27. The Bertz CT molecular complexity index is 246. The normalized spacial score (nSPS) is 13.3. The second-order valence-electron chi connectivity index (χ2n) is 3.66. The Morgan fingerprint density at radius 2 is 2.20 bits per heavy atom. The van der Waals surface area contributed by atoms with Crippen molar-refractivity contribution in [3.63, 3.8) is 0 Å². The second kappa shape index (κ2) is 6.87. The lowest BCUT2D eigenvalue weighted by Crippen LogP contribution is -2.38. The molecule has 0 aliphatic carbocycles. The Labute approximate surface area is 95.8 Å². The Balaban J connectivity index is 2.21. The summed E-state index contributed by atoms with van der Waals surface area (Å²) in [6.45, 7) is 10.7. The number of rotatable bonds is 7. The standard InChI is InChI=1S/C10H20N4S/c1-4-14(5-2)7-9(3)11-6-10-8-15-13-12-10/h8-9,11H,4-7H2,1-3H3. The van der Waals surface area contributed by atoms with Gasteiger partial charge in [-0.3, -0.25) is 0 Å². The van der Waals surface area contributed by atoms with Crippen molar-refractivity contribution in [2.45, 2.75) is 33.4 Å². The molecule has 0 aliphatic heterocycles. The van der Waals surface area contributed by atoms with Gasteiger partial charge in [0.1, 0.15) is 0 Å². The molecule has 86 valence electrons. The molecule has 0 amide bonds. The third-order valence-corrected chi connectivity index (χ3v) is 3.02. The van der Waals surface area contributed by atoms with Crippen molar-refractivity contribution < 1.29 is 0 Å². The summed E-state index contributed by atoms with van der Waals surface area (Å²) in [5.74, 6) is 0. The van der Waals surface area contributed by atoms with E-state index < -0.39 is 0 Å². The molecule has 1 rings (SSSR count). The first-order valence-electron chi connectivity index (χ1n) is 5.47. The molecular weight excluding hydrogens is 208 g/mol. The van der Waals surface area contributed by atoms with Crippen molar-refractivity contribution in [1.29, 1.82) is 0 Å². The highest BCUT2D eigenvalue weighted by Gasteiger charge is 2.06. The van der Waals surface area contributed by atoms with E-state index in [2.05, 4.69) is 40.6 Å². The SMILES string of the molecule is CCN(CC)CC(C)NCc1csnn1. The molecule has 0 fully saturated rings. The predicted octanol–water partition coefficient (Wildman–Crippen LogP) is 1.36. The van der Waals surface area contributed by atoms with Gasteiger partial charge in [-0.25, -0.2) is 0 Å². The van der Waals surface area contributed by atoms with Crippen molar-refractivity contribution in [1.82, 2.24) is 19.8 Å². The Morgan fingerprint density at radius 3 is 2.73 bits per heavy atom. The number of nitrogens with one attached hydrogen (secondary N) is 1. The zero-order valence-electron chi connectivity index (χ0n) is 9.73. The minimum Gasteiger partial charge on any atom is -0.307 e. The fourth-order valence-corrected chi connectivity index (χ4v) is 1.92.